The lowest BCUT2D eigenvalue weighted by atomic mass is 9.68. The predicted molar refractivity (Wildman–Crippen MR) is 76.4 cm³/mol. The molecule has 104 valence electrons. The number of hydrogen-bond donors (Lipinski definition) is 1. The minimum atomic E-state index is -0.326. The topological polar surface area (TPSA) is 55.6 Å². The molecule has 2 rings (SSSR count). The fourth-order valence-electron chi connectivity index (χ4n) is 2.51. The highest BCUT2D eigenvalue weighted by Crippen LogP contribution is 2.42. The molecule has 1 aromatic rings. The maximum atomic E-state index is 12.5. The van der Waals surface area contributed by atoms with E-state index in [1.54, 1.807) is 4.90 Å². The van der Waals surface area contributed by atoms with E-state index in [0.717, 1.165) is 30.7 Å². The summed E-state index contributed by atoms with van der Waals surface area (Å²) in [5.41, 5.74) is 6.34. The third kappa shape index (κ3) is 2.59. The minimum Gasteiger partial charge on any atom is -0.494 e. The number of carbonyl (C=O) groups is 1. The summed E-state index contributed by atoms with van der Waals surface area (Å²) in [6, 6.07) is 7.59. The Labute approximate surface area is 114 Å². The van der Waals surface area contributed by atoms with Crippen LogP contribution in [-0.4, -0.2) is 26.1 Å². The molecule has 0 radical (unpaired) electrons. The smallest absolute Gasteiger partial charge is 0.234 e. The van der Waals surface area contributed by atoms with Gasteiger partial charge in [-0.3, -0.25) is 4.79 Å². The number of benzene rings is 1. The number of nitrogens with zero attached hydrogens (tertiary/aromatic N) is 1. The second-order valence-corrected chi connectivity index (χ2v) is 5.13. The van der Waals surface area contributed by atoms with Gasteiger partial charge in [0, 0.05) is 19.3 Å². The summed E-state index contributed by atoms with van der Waals surface area (Å²) in [6.07, 6.45) is 2.91. The van der Waals surface area contributed by atoms with Crippen LogP contribution in [0.4, 0.5) is 5.69 Å². The van der Waals surface area contributed by atoms with Crippen LogP contribution in [0.2, 0.25) is 0 Å². The van der Waals surface area contributed by atoms with Gasteiger partial charge in [-0.1, -0.05) is 6.42 Å². The molecule has 4 nitrogen and oxygen atoms in total. The van der Waals surface area contributed by atoms with E-state index in [2.05, 4.69) is 0 Å². The van der Waals surface area contributed by atoms with Crippen molar-refractivity contribution < 1.29 is 9.53 Å². The molecule has 1 fully saturated rings. The number of anilines is 1. The highest BCUT2D eigenvalue weighted by Gasteiger charge is 2.44. The van der Waals surface area contributed by atoms with Crippen LogP contribution in [0, 0.1) is 5.41 Å². The average molecular weight is 262 g/mol. The van der Waals surface area contributed by atoms with Crippen molar-refractivity contribution in [2.24, 2.45) is 11.1 Å². The van der Waals surface area contributed by atoms with Crippen molar-refractivity contribution in [1.29, 1.82) is 0 Å². The lowest BCUT2D eigenvalue weighted by Gasteiger charge is -2.41. The molecule has 0 atom stereocenters. The molecule has 0 unspecified atom stereocenters. The summed E-state index contributed by atoms with van der Waals surface area (Å²) in [5, 5.41) is 0. The first kappa shape index (κ1) is 13.9. The van der Waals surface area contributed by atoms with Crippen LogP contribution in [0.5, 0.6) is 5.75 Å². The molecule has 2 N–H and O–H groups in total. The zero-order valence-corrected chi connectivity index (χ0v) is 11.7. The molecule has 0 heterocycles. The van der Waals surface area contributed by atoms with Crippen molar-refractivity contribution >= 4 is 11.6 Å². The van der Waals surface area contributed by atoms with Gasteiger partial charge in [-0.15, -0.1) is 0 Å². The second-order valence-electron chi connectivity index (χ2n) is 5.13. The fraction of sp³-hybridized carbons (Fsp3) is 0.533. The number of ether oxygens (including phenoxy) is 1. The van der Waals surface area contributed by atoms with Gasteiger partial charge in [-0.25, -0.2) is 0 Å². The van der Waals surface area contributed by atoms with Crippen LogP contribution in [0.15, 0.2) is 24.3 Å². The van der Waals surface area contributed by atoms with E-state index in [9.17, 15) is 4.79 Å². The van der Waals surface area contributed by atoms with E-state index < -0.39 is 0 Å². The summed E-state index contributed by atoms with van der Waals surface area (Å²) in [7, 11) is 1.81. The zero-order valence-electron chi connectivity index (χ0n) is 11.7. The quantitative estimate of drug-likeness (QED) is 0.885. The van der Waals surface area contributed by atoms with Crippen molar-refractivity contribution in [2.45, 2.75) is 26.2 Å². The van der Waals surface area contributed by atoms with Gasteiger partial charge < -0.3 is 15.4 Å². The molecule has 19 heavy (non-hydrogen) atoms. The minimum absolute atomic E-state index is 0.130. The van der Waals surface area contributed by atoms with Crippen LogP contribution in [0.3, 0.4) is 0 Å². The Morgan fingerprint density at radius 2 is 2.00 bits per heavy atom. The summed E-state index contributed by atoms with van der Waals surface area (Å²) < 4.78 is 5.40. The van der Waals surface area contributed by atoms with E-state index in [1.165, 1.54) is 0 Å². The summed E-state index contributed by atoms with van der Waals surface area (Å²) >= 11 is 0. The maximum absolute atomic E-state index is 12.5. The van der Waals surface area contributed by atoms with Crippen LogP contribution < -0.4 is 15.4 Å². The Balaban J connectivity index is 2.10. The van der Waals surface area contributed by atoms with Crippen LogP contribution >= 0.6 is 0 Å². The van der Waals surface area contributed by atoms with Crippen molar-refractivity contribution in [3.63, 3.8) is 0 Å². The van der Waals surface area contributed by atoms with Gasteiger partial charge in [-0.2, -0.15) is 0 Å². The summed E-state index contributed by atoms with van der Waals surface area (Å²) in [4.78, 5) is 14.2. The number of carbonyl (C=O) groups excluding carboxylic acids is 1. The largest absolute Gasteiger partial charge is 0.494 e. The first-order valence-electron chi connectivity index (χ1n) is 6.84. The van der Waals surface area contributed by atoms with E-state index in [4.69, 9.17) is 10.5 Å². The first-order chi connectivity index (χ1) is 9.13. The van der Waals surface area contributed by atoms with Crippen LogP contribution in [0.25, 0.3) is 0 Å². The van der Waals surface area contributed by atoms with Gasteiger partial charge >= 0.3 is 0 Å². The monoisotopic (exact) mass is 262 g/mol. The molecule has 0 spiro atoms. The van der Waals surface area contributed by atoms with Gasteiger partial charge in [0.25, 0.3) is 0 Å². The maximum Gasteiger partial charge on any atom is 0.234 e. The van der Waals surface area contributed by atoms with Crippen molar-refractivity contribution in [3.05, 3.63) is 24.3 Å². The number of amides is 1. The predicted octanol–water partition coefficient (Wildman–Crippen LogP) is 2.18. The Kier molecular flexibility index (Phi) is 4.10. The normalized spacial score (nSPS) is 16.6. The lowest BCUT2D eigenvalue weighted by molar-refractivity contribution is -0.131. The zero-order chi connectivity index (χ0) is 13.9. The molecular weight excluding hydrogens is 240 g/mol. The number of rotatable bonds is 5. The third-order valence-electron chi connectivity index (χ3n) is 3.99. The molecule has 4 heteroatoms. The molecular formula is C15H22N2O2. The second kappa shape index (κ2) is 5.61. The molecule has 0 saturated heterocycles. The molecule has 1 aliphatic carbocycles. The molecule has 1 saturated carbocycles. The molecule has 0 aliphatic heterocycles. The van der Waals surface area contributed by atoms with E-state index in [0.29, 0.717) is 13.2 Å². The Hall–Kier alpha value is -1.55. The first-order valence-corrected chi connectivity index (χ1v) is 6.84. The Morgan fingerprint density at radius 3 is 2.42 bits per heavy atom. The van der Waals surface area contributed by atoms with Gasteiger partial charge in [0.2, 0.25) is 5.91 Å². The Bertz CT molecular complexity index is 432. The van der Waals surface area contributed by atoms with E-state index in [-0.39, 0.29) is 11.3 Å². The number of nitrogens with two attached hydrogens (primary N) is 1. The summed E-state index contributed by atoms with van der Waals surface area (Å²) in [6.45, 7) is 3.03. The average Bonchev–Trinajstić information content (AvgIpc) is 2.38. The highest BCUT2D eigenvalue weighted by molar-refractivity contribution is 5.97. The lowest BCUT2D eigenvalue weighted by Crippen LogP contribution is -2.51. The Morgan fingerprint density at radius 1 is 1.37 bits per heavy atom. The molecule has 1 aliphatic rings. The fourth-order valence-corrected chi connectivity index (χ4v) is 2.51. The van der Waals surface area contributed by atoms with E-state index >= 15 is 0 Å². The van der Waals surface area contributed by atoms with Gasteiger partial charge in [0.15, 0.2) is 0 Å². The molecule has 1 amide bonds. The van der Waals surface area contributed by atoms with Crippen molar-refractivity contribution in [3.8, 4) is 5.75 Å². The van der Waals surface area contributed by atoms with Crippen LogP contribution in [-0.2, 0) is 4.79 Å². The van der Waals surface area contributed by atoms with Crippen molar-refractivity contribution in [2.75, 3.05) is 25.1 Å². The molecule has 1 aromatic carbocycles. The van der Waals surface area contributed by atoms with Gasteiger partial charge in [0.05, 0.1) is 12.0 Å². The van der Waals surface area contributed by atoms with Crippen molar-refractivity contribution in [1.82, 2.24) is 0 Å². The molecule has 0 aromatic heterocycles. The summed E-state index contributed by atoms with van der Waals surface area (Å²) in [5.74, 6) is 0.953. The number of hydrogen-bond acceptors (Lipinski definition) is 3. The standard InChI is InChI=1S/C15H22N2O2/c1-3-19-13-7-5-12(6-8-13)17(2)14(18)15(11-16)9-4-10-15/h5-8H,3-4,9-11,16H2,1-2H3. The van der Waals surface area contributed by atoms with Gasteiger partial charge in [0.1, 0.15) is 5.75 Å². The SMILES string of the molecule is CCOc1ccc(N(C)C(=O)C2(CN)CCC2)cc1. The van der Waals surface area contributed by atoms with E-state index in [1.807, 2.05) is 38.2 Å². The molecule has 0 bridgehead atoms. The third-order valence-corrected chi connectivity index (χ3v) is 3.99. The highest BCUT2D eigenvalue weighted by atomic mass is 16.5. The van der Waals surface area contributed by atoms with Crippen LogP contribution in [0.1, 0.15) is 26.2 Å². The van der Waals surface area contributed by atoms with Gasteiger partial charge in [-0.05, 0) is 44.0 Å².